The molecule has 1 heterocycles. The number of nitrogens with one attached hydrogen (secondary N) is 1. The molecular weight excluding hydrogens is 236 g/mol. The molecule has 0 spiro atoms. The Labute approximate surface area is 105 Å². The van der Waals surface area contributed by atoms with E-state index >= 15 is 0 Å². The van der Waals surface area contributed by atoms with E-state index in [1.54, 1.807) is 25.1 Å². The van der Waals surface area contributed by atoms with Crippen LogP contribution in [0, 0.1) is 0 Å². The third-order valence-corrected chi connectivity index (χ3v) is 1.99. The Kier molecular flexibility index (Phi) is 5.59. The molecular formula is C11H16N4O3. The van der Waals surface area contributed by atoms with Gasteiger partial charge in [0.2, 0.25) is 0 Å². The molecule has 1 aromatic rings. The van der Waals surface area contributed by atoms with E-state index in [9.17, 15) is 9.59 Å². The molecule has 0 unspecified atom stereocenters. The Morgan fingerprint density at radius 2 is 2.28 bits per heavy atom. The number of aromatic nitrogens is 1. The standard InChI is InChI=1S/C11H16N4O3/c1-2-18-11(17)15(8-6-12)10(16)14-9-5-3-4-7-13-9/h3-5,7H,2,6,8,12H2,1H3,(H,13,14,16). The van der Waals surface area contributed by atoms with Gasteiger partial charge < -0.3 is 10.5 Å². The average Bonchev–Trinajstić information content (AvgIpc) is 2.37. The number of pyridine rings is 1. The van der Waals surface area contributed by atoms with Gasteiger partial charge in [-0.3, -0.25) is 5.32 Å². The molecule has 0 fully saturated rings. The molecule has 18 heavy (non-hydrogen) atoms. The minimum Gasteiger partial charge on any atom is -0.449 e. The van der Waals surface area contributed by atoms with E-state index in [1.165, 1.54) is 6.20 Å². The van der Waals surface area contributed by atoms with Gasteiger partial charge in [-0.15, -0.1) is 0 Å². The number of rotatable bonds is 4. The molecule has 3 amide bonds. The number of nitrogens with zero attached hydrogens (tertiary/aromatic N) is 2. The summed E-state index contributed by atoms with van der Waals surface area (Å²) in [6.45, 7) is 2.10. The molecule has 0 radical (unpaired) electrons. The van der Waals surface area contributed by atoms with E-state index in [0.29, 0.717) is 5.82 Å². The number of nitrogens with two attached hydrogens (primary N) is 1. The van der Waals surface area contributed by atoms with E-state index in [2.05, 4.69) is 10.3 Å². The summed E-state index contributed by atoms with van der Waals surface area (Å²) in [5.74, 6) is 0.355. The maximum absolute atomic E-state index is 11.8. The smallest absolute Gasteiger partial charge is 0.418 e. The second kappa shape index (κ2) is 7.23. The molecule has 1 rings (SSSR count). The number of ether oxygens (including phenoxy) is 1. The first kappa shape index (κ1) is 13.9. The summed E-state index contributed by atoms with van der Waals surface area (Å²) in [6, 6.07) is 4.44. The van der Waals surface area contributed by atoms with Gasteiger partial charge in [0, 0.05) is 19.3 Å². The van der Waals surface area contributed by atoms with Crippen molar-refractivity contribution in [3.8, 4) is 0 Å². The van der Waals surface area contributed by atoms with Crippen LogP contribution in [-0.4, -0.2) is 41.7 Å². The average molecular weight is 252 g/mol. The lowest BCUT2D eigenvalue weighted by molar-refractivity contribution is 0.118. The van der Waals surface area contributed by atoms with Crippen molar-refractivity contribution in [2.24, 2.45) is 5.73 Å². The number of imide groups is 1. The first-order valence-corrected chi connectivity index (χ1v) is 5.55. The van der Waals surface area contributed by atoms with Gasteiger partial charge in [-0.25, -0.2) is 19.5 Å². The van der Waals surface area contributed by atoms with Gasteiger partial charge in [-0.1, -0.05) is 6.07 Å². The Morgan fingerprint density at radius 1 is 1.50 bits per heavy atom. The lowest BCUT2D eigenvalue weighted by Crippen LogP contribution is -2.43. The summed E-state index contributed by atoms with van der Waals surface area (Å²) >= 11 is 0. The van der Waals surface area contributed by atoms with Crippen molar-refractivity contribution < 1.29 is 14.3 Å². The maximum Gasteiger partial charge on any atom is 0.418 e. The van der Waals surface area contributed by atoms with Crippen LogP contribution >= 0.6 is 0 Å². The number of carbonyl (C=O) groups excluding carboxylic acids is 2. The van der Waals surface area contributed by atoms with Crippen LogP contribution in [-0.2, 0) is 4.74 Å². The van der Waals surface area contributed by atoms with Crippen molar-refractivity contribution in [2.45, 2.75) is 6.92 Å². The van der Waals surface area contributed by atoms with Crippen LogP contribution in [0.3, 0.4) is 0 Å². The molecule has 1 aromatic heterocycles. The Balaban J connectivity index is 2.68. The molecule has 0 aliphatic carbocycles. The third-order valence-electron chi connectivity index (χ3n) is 1.99. The fourth-order valence-electron chi connectivity index (χ4n) is 1.22. The van der Waals surface area contributed by atoms with Crippen LogP contribution in [0.2, 0.25) is 0 Å². The zero-order valence-corrected chi connectivity index (χ0v) is 10.1. The highest BCUT2D eigenvalue weighted by atomic mass is 16.6. The monoisotopic (exact) mass is 252 g/mol. The maximum atomic E-state index is 11.8. The summed E-state index contributed by atoms with van der Waals surface area (Å²) in [7, 11) is 0. The first-order chi connectivity index (χ1) is 8.69. The fraction of sp³-hybridized carbons (Fsp3) is 0.364. The lowest BCUT2D eigenvalue weighted by Gasteiger charge is -2.19. The van der Waals surface area contributed by atoms with Crippen molar-refractivity contribution in [3.05, 3.63) is 24.4 Å². The number of urea groups is 1. The van der Waals surface area contributed by atoms with Crippen LogP contribution in [0.25, 0.3) is 0 Å². The van der Waals surface area contributed by atoms with Crippen molar-refractivity contribution >= 4 is 17.9 Å². The highest BCUT2D eigenvalue weighted by Gasteiger charge is 2.22. The normalized spacial score (nSPS) is 9.67. The predicted molar refractivity (Wildman–Crippen MR) is 66.0 cm³/mol. The molecule has 0 aliphatic rings. The number of hydrogen-bond acceptors (Lipinski definition) is 5. The summed E-state index contributed by atoms with van der Waals surface area (Å²) < 4.78 is 4.77. The zero-order valence-electron chi connectivity index (χ0n) is 10.1. The van der Waals surface area contributed by atoms with Crippen LogP contribution in [0.5, 0.6) is 0 Å². The molecule has 0 atom stereocenters. The van der Waals surface area contributed by atoms with Crippen molar-refractivity contribution in [1.82, 2.24) is 9.88 Å². The molecule has 3 N–H and O–H groups in total. The summed E-state index contributed by atoms with van der Waals surface area (Å²) in [5, 5.41) is 2.49. The van der Waals surface area contributed by atoms with Gasteiger partial charge in [0.1, 0.15) is 5.82 Å². The van der Waals surface area contributed by atoms with Crippen molar-refractivity contribution in [3.63, 3.8) is 0 Å². The van der Waals surface area contributed by atoms with Crippen molar-refractivity contribution in [1.29, 1.82) is 0 Å². The fourth-order valence-corrected chi connectivity index (χ4v) is 1.22. The van der Waals surface area contributed by atoms with Gasteiger partial charge in [-0.05, 0) is 19.1 Å². The van der Waals surface area contributed by atoms with Gasteiger partial charge >= 0.3 is 12.1 Å². The highest BCUT2D eigenvalue weighted by Crippen LogP contribution is 2.03. The first-order valence-electron chi connectivity index (χ1n) is 5.55. The van der Waals surface area contributed by atoms with Crippen LogP contribution in [0.4, 0.5) is 15.4 Å². The quantitative estimate of drug-likeness (QED) is 0.834. The SMILES string of the molecule is CCOC(=O)N(CCN)C(=O)Nc1ccccn1. The summed E-state index contributed by atoms with van der Waals surface area (Å²) in [5.41, 5.74) is 5.35. The van der Waals surface area contributed by atoms with E-state index in [0.717, 1.165) is 4.90 Å². The predicted octanol–water partition coefficient (Wildman–Crippen LogP) is 1.03. The van der Waals surface area contributed by atoms with Crippen LogP contribution < -0.4 is 11.1 Å². The summed E-state index contributed by atoms with van der Waals surface area (Å²) in [6.07, 6.45) is 0.809. The van der Waals surface area contributed by atoms with E-state index in [-0.39, 0.29) is 19.7 Å². The van der Waals surface area contributed by atoms with Gasteiger partial charge in [0.15, 0.2) is 0 Å². The molecule has 0 bridgehead atoms. The topological polar surface area (TPSA) is 97.5 Å². The molecule has 0 saturated heterocycles. The third kappa shape index (κ3) is 4.02. The van der Waals surface area contributed by atoms with Crippen LogP contribution in [0.15, 0.2) is 24.4 Å². The van der Waals surface area contributed by atoms with Gasteiger partial charge in [0.25, 0.3) is 0 Å². The second-order valence-electron chi connectivity index (χ2n) is 3.28. The largest absolute Gasteiger partial charge is 0.449 e. The minimum atomic E-state index is -0.726. The van der Waals surface area contributed by atoms with E-state index in [1.807, 2.05) is 0 Å². The Hall–Kier alpha value is -2.15. The summed E-state index contributed by atoms with van der Waals surface area (Å²) in [4.78, 5) is 28.2. The van der Waals surface area contributed by atoms with E-state index < -0.39 is 12.1 Å². The Bertz CT molecular complexity index is 397. The van der Waals surface area contributed by atoms with Crippen LogP contribution in [0.1, 0.15) is 6.92 Å². The highest BCUT2D eigenvalue weighted by molar-refractivity contribution is 5.98. The van der Waals surface area contributed by atoms with Gasteiger partial charge in [0.05, 0.1) is 6.61 Å². The zero-order chi connectivity index (χ0) is 13.4. The van der Waals surface area contributed by atoms with Crippen molar-refractivity contribution in [2.75, 3.05) is 25.0 Å². The van der Waals surface area contributed by atoms with Gasteiger partial charge in [-0.2, -0.15) is 0 Å². The molecule has 98 valence electrons. The molecule has 7 nitrogen and oxygen atoms in total. The number of anilines is 1. The second-order valence-corrected chi connectivity index (χ2v) is 3.28. The lowest BCUT2D eigenvalue weighted by atomic mass is 10.4. The van der Waals surface area contributed by atoms with E-state index in [4.69, 9.17) is 10.5 Å². The Morgan fingerprint density at radius 3 is 2.83 bits per heavy atom. The number of amides is 3. The number of hydrogen-bond donors (Lipinski definition) is 2. The number of carbonyl (C=O) groups is 2. The molecule has 0 aliphatic heterocycles. The minimum absolute atomic E-state index is 0.0809. The molecule has 7 heteroatoms. The molecule has 0 aromatic carbocycles. The molecule has 0 saturated carbocycles.